The molecule has 2 aromatic carbocycles. The zero-order valence-corrected chi connectivity index (χ0v) is 11.5. The molecule has 0 amide bonds. The fourth-order valence-corrected chi connectivity index (χ4v) is 3.23. The first-order valence-corrected chi connectivity index (χ1v) is 6.80. The summed E-state index contributed by atoms with van der Waals surface area (Å²) in [4.78, 5) is 12.4. The molecule has 3 aromatic rings. The van der Waals surface area contributed by atoms with Crippen molar-refractivity contribution < 1.29 is 13.9 Å². The molecular weight excluding hydrogens is 279 g/mol. The third-order valence-electron chi connectivity index (χ3n) is 2.97. The molecule has 0 spiro atoms. The van der Waals surface area contributed by atoms with Crippen molar-refractivity contribution >= 4 is 31.5 Å². The van der Waals surface area contributed by atoms with Gasteiger partial charge in [-0.05, 0) is 24.3 Å². The van der Waals surface area contributed by atoms with Crippen LogP contribution in [0.25, 0.3) is 20.2 Å². The zero-order valence-electron chi connectivity index (χ0n) is 10.7. The summed E-state index contributed by atoms with van der Waals surface area (Å²) < 4.78 is 25.6. The van der Waals surface area contributed by atoms with Gasteiger partial charge in [0, 0.05) is 17.2 Å². The largest absolute Gasteiger partial charge is 0.466 e. The lowest BCUT2D eigenvalue weighted by molar-refractivity contribution is 0.0523. The normalized spacial score (nSPS) is 11.1. The topological polar surface area (TPSA) is 35.5 Å². The summed E-state index contributed by atoms with van der Waals surface area (Å²) in [5, 5.41) is 0.593. The van der Waals surface area contributed by atoms with Crippen LogP contribution in [-0.2, 0) is 4.74 Å². The van der Waals surface area contributed by atoms with E-state index in [0.29, 0.717) is 15.8 Å². The van der Waals surface area contributed by atoms with Gasteiger partial charge < -0.3 is 9.47 Å². The molecule has 1 aromatic heterocycles. The minimum Gasteiger partial charge on any atom is -0.466 e. The van der Waals surface area contributed by atoms with Crippen LogP contribution in [0.4, 0.5) is 4.39 Å². The van der Waals surface area contributed by atoms with E-state index in [9.17, 15) is 9.18 Å². The maximum atomic E-state index is 14.0. The van der Waals surface area contributed by atoms with Crippen LogP contribution >= 0.6 is 11.3 Å². The van der Waals surface area contributed by atoms with Gasteiger partial charge in [-0.15, -0.1) is 11.3 Å². The van der Waals surface area contributed by atoms with Crippen LogP contribution in [0.2, 0.25) is 0 Å². The van der Waals surface area contributed by atoms with E-state index in [1.165, 1.54) is 30.6 Å². The van der Waals surface area contributed by atoms with Crippen molar-refractivity contribution in [2.24, 2.45) is 0 Å². The van der Waals surface area contributed by atoms with Gasteiger partial charge in [0.15, 0.2) is 12.2 Å². The first kappa shape index (κ1) is 13.0. The average Bonchev–Trinajstić information content (AvgIpc) is 2.47. The fraction of sp³-hybridized carbons (Fsp3) is 0.133. The van der Waals surface area contributed by atoms with Crippen molar-refractivity contribution in [3.05, 3.63) is 52.4 Å². The fourth-order valence-electron chi connectivity index (χ4n) is 2.08. The number of hydrogen-bond donors (Lipinski definition) is 0. The second-order valence-electron chi connectivity index (χ2n) is 4.23. The van der Waals surface area contributed by atoms with Gasteiger partial charge in [-0.25, -0.2) is 4.39 Å². The number of rotatable bonds is 3. The first-order valence-electron chi connectivity index (χ1n) is 5.98. The standard InChI is InChI=1S/C15H11FO3S/c1-18-8-19-11-7-6-10(16)13-14(17)9-4-2-3-5-12(9)20-15(11)13/h2-7H,8H2,1H3. The van der Waals surface area contributed by atoms with Crippen molar-refractivity contribution in [3.63, 3.8) is 0 Å². The van der Waals surface area contributed by atoms with Crippen LogP contribution < -0.4 is 10.2 Å². The highest BCUT2D eigenvalue weighted by Crippen LogP contribution is 2.33. The lowest BCUT2D eigenvalue weighted by Crippen LogP contribution is -2.05. The summed E-state index contributed by atoms with van der Waals surface area (Å²) in [6.07, 6.45) is 0. The number of ether oxygens (including phenoxy) is 2. The quantitative estimate of drug-likeness (QED) is 0.547. The number of halogens is 1. The Morgan fingerprint density at radius 1 is 1.20 bits per heavy atom. The molecule has 3 nitrogen and oxygen atoms in total. The van der Waals surface area contributed by atoms with Gasteiger partial charge in [0.2, 0.25) is 0 Å². The number of fused-ring (bicyclic) bond motifs is 2. The van der Waals surface area contributed by atoms with Gasteiger partial charge in [-0.1, -0.05) is 12.1 Å². The number of hydrogen-bond acceptors (Lipinski definition) is 4. The lowest BCUT2D eigenvalue weighted by atomic mass is 10.1. The Labute approximate surface area is 118 Å². The van der Waals surface area contributed by atoms with Crippen LogP contribution in [0.1, 0.15) is 0 Å². The monoisotopic (exact) mass is 290 g/mol. The van der Waals surface area contributed by atoms with Crippen molar-refractivity contribution in [3.8, 4) is 5.75 Å². The molecule has 0 N–H and O–H groups in total. The molecule has 0 bridgehead atoms. The summed E-state index contributed by atoms with van der Waals surface area (Å²) in [5.74, 6) is -0.0760. The minimum atomic E-state index is -0.531. The summed E-state index contributed by atoms with van der Waals surface area (Å²) in [6, 6.07) is 9.92. The van der Waals surface area contributed by atoms with Crippen LogP contribution in [0, 0.1) is 5.82 Å². The van der Waals surface area contributed by atoms with E-state index in [1.807, 2.05) is 12.1 Å². The van der Waals surface area contributed by atoms with Crippen molar-refractivity contribution in [2.45, 2.75) is 0 Å². The molecule has 0 saturated heterocycles. The molecule has 0 radical (unpaired) electrons. The summed E-state index contributed by atoms with van der Waals surface area (Å²) in [7, 11) is 1.50. The van der Waals surface area contributed by atoms with Crippen molar-refractivity contribution in [1.82, 2.24) is 0 Å². The highest BCUT2D eigenvalue weighted by Gasteiger charge is 2.14. The van der Waals surface area contributed by atoms with Gasteiger partial charge >= 0.3 is 0 Å². The SMILES string of the molecule is COCOc1ccc(F)c2c(=O)c3ccccc3sc12. The Hall–Kier alpha value is -1.98. The lowest BCUT2D eigenvalue weighted by Gasteiger charge is -2.09. The molecule has 0 saturated carbocycles. The molecule has 0 atom stereocenters. The molecule has 102 valence electrons. The van der Waals surface area contributed by atoms with Gasteiger partial charge in [0.25, 0.3) is 0 Å². The highest BCUT2D eigenvalue weighted by molar-refractivity contribution is 7.24. The van der Waals surface area contributed by atoms with E-state index in [0.717, 1.165) is 4.70 Å². The third-order valence-corrected chi connectivity index (χ3v) is 4.16. The second-order valence-corrected chi connectivity index (χ2v) is 5.28. The molecule has 0 aliphatic carbocycles. The number of benzene rings is 2. The predicted molar refractivity (Wildman–Crippen MR) is 78.1 cm³/mol. The van der Waals surface area contributed by atoms with Crippen LogP contribution in [0.5, 0.6) is 5.75 Å². The Morgan fingerprint density at radius 3 is 2.80 bits per heavy atom. The van der Waals surface area contributed by atoms with Gasteiger partial charge in [-0.2, -0.15) is 0 Å². The van der Waals surface area contributed by atoms with Crippen molar-refractivity contribution in [2.75, 3.05) is 13.9 Å². The average molecular weight is 290 g/mol. The molecule has 20 heavy (non-hydrogen) atoms. The Bertz CT molecular complexity index is 842. The maximum absolute atomic E-state index is 14.0. The van der Waals surface area contributed by atoms with Gasteiger partial charge in [-0.3, -0.25) is 4.79 Å². The molecule has 0 aliphatic rings. The van der Waals surface area contributed by atoms with Crippen LogP contribution in [0.15, 0.2) is 41.2 Å². The highest BCUT2D eigenvalue weighted by atomic mass is 32.1. The van der Waals surface area contributed by atoms with Crippen molar-refractivity contribution in [1.29, 1.82) is 0 Å². The molecule has 0 fully saturated rings. The second kappa shape index (κ2) is 5.19. The zero-order chi connectivity index (χ0) is 14.1. The molecule has 1 heterocycles. The molecule has 0 aliphatic heterocycles. The van der Waals surface area contributed by atoms with E-state index < -0.39 is 5.82 Å². The summed E-state index contributed by atoms with van der Waals surface area (Å²) in [6.45, 7) is 0.0501. The Morgan fingerprint density at radius 2 is 2.00 bits per heavy atom. The molecule has 0 unspecified atom stereocenters. The summed E-state index contributed by atoms with van der Waals surface area (Å²) in [5.41, 5.74) is -0.310. The third kappa shape index (κ3) is 2.05. The number of methoxy groups -OCH3 is 1. The van der Waals surface area contributed by atoms with E-state index in [-0.39, 0.29) is 17.6 Å². The predicted octanol–water partition coefficient (Wildman–Crippen LogP) is 3.54. The minimum absolute atomic E-state index is 0.0501. The Kier molecular flexibility index (Phi) is 3.38. The van der Waals surface area contributed by atoms with E-state index in [2.05, 4.69) is 0 Å². The molecule has 3 rings (SSSR count). The van der Waals surface area contributed by atoms with Gasteiger partial charge in [0.05, 0.1) is 10.1 Å². The Balaban J connectivity index is 2.40. The maximum Gasteiger partial charge on any atom is 0.198 e. The van der Waals surface area contributed by atoms with Gasteiger partial charge in [0.1, 0.15) is 11.6 Å². The van der Waals surface area contributed by atoms with Crippen LogP contribution in [-0.4, -0.2) is 13.9 Å². The van der Waals surface area contributed by atoms with E-state index >= 15 is 0 Å². The smallest absolute Gasteiger partial charge is 0.198 e. The van der Waals surface area contributed by atoms with E-state index in [4.69, 9.17) is 9.47 Å². The first-order chi connectivity index (χ1) is 9.72. The van der Waals surface area contributed by atoms with E-state index in [1.54, 1.807) is 12.1 Å². The molecular formula is C15H11FO3S. The van der Waals surface area contributed by atoms with Crippen LogP contribution in [0.3, 0.4) is 0 Å². The summed E-state index contributed by atoms with van der Waals surface area (Å²) >= 11 is 1.34. The molecule has 5 heteroatoms.